The van der Waals surface area contributed by atoms with Gasteiger partial charge < -0.3 is 19.3 Å². The van der Waals surface area contributed by atoms with Crippen molar-refractivity contribution >= 4 is 45.3 Å². The minimum absolute atomic E-state index is 0.0881. The second-order valence-electron chi connectivity index (χ2n) is 8.48. The number of hydrogen-bond donors (Lipinski definition) is 1. The quantitative estimate of drug-likeness (QED) is 0.371. The summed E-state index contributed by atoms with van der Waals surface area (Å²) < 4.78 is 25.2. The van der Waals surface area contributed by atoms with Gasteiger partial charge in [-0.3, -0.25) is 9.97 Å². The highest BCUT2D eigenvalue weighted by atomic mass is 32.1. The lowest BCUT2D eigenvalue weighted by Crippen LogP contribution is -2.29. The molecule has 5 aromatic rings. The molecule has 0 saturated heterocycles. The van der Waals surface area contributed by atoms with Crippen LogP contribution in [0.15, 0.2) is 72.6 Å². The molecule has 0 fully saturated rings. The summed E-state index contributed by atoms with van der Waals surface area (Å²) in [5, 5.41) is 12.0. The zero-order valence-electron chi connectivity index (χ0n) is 18.5. The lowest BCUT2D eigenvalue weighted by Gasteiger charge is -2.26. The molecule has 0 radical (unpaired) electrons. The molecule has 4 heterocycles. The first kappa shape index (κ1) is 20.9. The summed E-state index contributed by atoms with van der Waals surface area (Å²) >= 11 is 1.10. The number of esters is 1. The van der Waals surface area contributed by atoms with Crippen molar-refractivity contribution in [1.29, 1.82) is 0 Å². The fourth-order valence-electron chi connectivity index (χ4n) is 4.64. The van der Waals surface area contributed by atoms with Crippen LogP contribution in [0.4, 0.5) is 0 Å². The van der Waals surface area contributed by atoms with Gasteiger partial charge in [-0.25, -0.2) is 4.79 Å². The minimum atomic E-state index is -2.01. The van der Waals surface area contributed by atoms with Crippen molar-refractivity contribution in [3.05, 3.63) is 89.3 Å². The molecule has 0 bridgehead atoms. The van der Waals surface area contributed by atoms with Crippen molar-refractivity contribution in [1.82, 2.24) is 18.7 Å². The summed E-state index contributed by atoms with van der Waals surface area (Å²) in [4.78, 5) is 22.0. The van der Waals surface area contributed by atoms with Gasteiger partial charge in [0, 0.05) is 30.0 Å². The van der Waals surface area contributed by atoms with Crippen LogP contribution in [-0.4, -0.2) is 36.6 Å². The number of cyclic esters (lactones) is 1. The lowest BCUT2D eigenvalue weighted by atomic mass is 9.87. The van der Waals surface area contributed by atoms with Gasteiger partial charge in [-0.1, -0.05) is 12.1 Å². The fraction of sp³-hybridized carbons (Fsp3) is 0.115. The predicted octanol–water partition coefficient (Wildman–Crippen LogP) is 3.76. The smallest absolute Gasteiger partial charge is 0.342 e. The van der Waals surface area contributed by atoms with Crippen molar-refractivity contribution in [2.45, 2.75) is 12.2 Å². The van der Waals surface area contributed by atoms with E-state index in [0.717, 1.165) is 28.3 Å². The van der Waals surface area contributed by atoms with E-state index >= 15 is 0 Å². The Labute approximate surface area is 207 Å². The molecule has 176 valence electrons. The predicted molar refractivity (Wildman–Crippen MR) is 130 cm³/mol. The first-order valence-electron chi connectivity index (χ1n) is 11.1. The van der Waals surface area contributed by atoms with E-state index in [-0.39, 0.29) is 18.8 Å². The van der Waals surface area contributed by atoms with Gasteiger partial charge in [-0.15, -0.1) is 0 Å². The molecule has 0 amide bonds. The first-order valence-corrected chi connectivity index (χ1v) is 11.8. The largest absolute Gasteiger partial charge is 0.454 e. The van der Waals surface area contributed by atoms with Gasteiger partial charge in [-0.2, -0.15) is 8.75 Å². The maximum atomic E-state index is 13.3. The molecule has 1 unspecified atom stereocenters. The average molecular weight is 497 g/mol. The molecule has 1 N–H and O–H groups in total. The molecule has 1 atom stereocenters. The Morgan fingerprint density at radius 1 is 0.861 bits per heavy atom. The molecule has 2 aliphatic rings. The molecule has 9 nitrogen and oxygen atoms in total. The van der Waals surface area contributed by atoms with Crippen LogP contribution in [0.3, 0.4) is 0 Å². The summed E-state index contributed by atoms with van der Waals surface area (Å²) in [7, 11) is 0. The number of ether oxygens (including phenoxy) is 3. The highest BCUT2D eigenvalue weighted by Crippen LogP contribution is 2.47. The average Bonchev–Trinajstić information content (AvgIpc) is 3.61. The molecule has 2 aromatic heterocycles. The summed E-state index contributed by atoms with van der Waals surface area (Å²) in [5.41, 5.74) is 5.33. The van der Waals surface area contributed by atoms with Gasteiger partial charge in [0.15, 0.2) is 11.5 Å². The first-order chi connectivity index (χ1) is 17.6. The van der Waals surface area contributed by atoms with E-state index in [1.807, 2.05) is 18.2 Å². The number of benzene rings is 3. The highest BCUT2D eigenvalue weighted by Gasteiger charge is 2.48. The molecular weight excluding hydrogens is 480 g/mol. The number of hydrogen-bond acceptors (Lipinski definition) is 10. The number of fused-ring (bicyclic) bond motifs is 3. The molecule has 3 aromatic carbocycles. The van der Waals surface area contributed by atoms with E-state index in [1.165, 1.54) is 0 Å². The van der Waals surface area contributed by atoms with Crippen LogP contribution in [-0.2, 0) is 21.7 Å². The van der Waals surface area contributed by atoms with Gasteiger partial charge in [0.1, 0.15) is 11.0 Å². The van der Waals surface area contributed by atoms with E-state index in [9.17, 15) is 9.90 Å². The molecule has 10 heteroatoms. The topological polar surface area (TPSA) is 117 Å². The van der Waals surface area contributed by atoms with Gasteiger partial charge in [0.2, 0.25) is 6.79 Å². The molecule has 0 saturated carbocycles. The third-order valence-corrected chi connectivity index (χ3v) is 6.93. The van der Waals surface area contributed by atoms with Crippen LogP contribution in [0, 0.1) is 0 Å². The van der Waals surface area contributed by atoms with E-state index in [4.69, 9.17) is 14.2 Å². The molecule has 2 aliphatic heterocycles. The number of nitrogens with zero attached hydrogens (tertiary/aromatic N) is 4. The number of carbonyl (C=O) groups excluding carboxylic acids is 1. The maximum Gasteiger partial charge on any atom is 0.342 e. The number of aromatic nitrogens is 4. The van der Waals surface area contributed by atoms with Gasteiger partial charge in [-0.05, 0) is 53.6 Å². The second-order valence-corrected chi connectivity index (χ2v) is 9.01. The lowest BCUT2D eigenvalue weighted by molar-refractivity contribution is -0.185. The van der Waals surface area contributed by atoms with Crippen LogP contribution in [0.1, 0.15) is 16.7 Å². The molecule has 36 heavy (non-hydrogen) atoms. The van der Waals surface area contributed by atoms with E-state index in [1.54, 1.807) is 48.8 Å². The second kappa shape index (κ2) is 7.80. The van der Waals surface area contributed by atoms with Crippen molar-refractivity contribution in [2.75, 3.05) is 6.79 Å². The van der Waals surface area contributed by atoms with Crippen molar-refractivity contribution in [3.63, 3.8) is 0 Å². The molecule has 0 spiro atoms. The number of rotatable bonds is 4. The summed E-state index contributed by atoms with van der Waals surface area (Å²) in [6.45, 7) is 0.0881. The highest BCUT2D eigenvalue weighted by molar-refractivity contribution is 7.00. The Balaban J connectivity index is 1.42. The van der Waals surface area contributed by atoms with Crippen LogP contribution in [0.5, 0.6) is 11.5 Å². The number of aliphatic hydroxyl groups is 1. The van der Waals surface area contributed by atoms with Crippen LogP contribution in [0.2, 0.25) is 0 Å². The number of carbonyl (C=O) groups is 1. The van der Waals surface area contributed by atoms with Gasteiger partial charge in [0.25, 0.3) is 5.79 Å². The summed E-state index contributed by atoms with van der Waals surface area (Å²) in [5.74, 6) is -1.61. The normalized spacial score (nSPS) is 18.9. The van der Waals surface area contributed by atoms with Gasteiger partial charge in [0.05, 0.1) is 28.3 Å². The molecular formula is C26H16N4O5S. The summed E-state index contributed by atoms with van der Waals surface area (Å²) in [6, 6.07) is 16.0. The Morgan fingerprint density at radius 3 is 2.58 bits per heavy atom. The minimum Gasteiger partial charge on any atom is -0.454 e. The zero-order chi connectivity index (χ0) is 24.3. The van der Waals surface area contributed by atoms with Crippen LogP contribution in [0.25, 0.3) is 27.6 Å². The molecule has 0 aliphatic carbocycles. The molecule has 7 rings (SSSR count). The SMILES string of the molecule is O=C1OC(O)(c2ccc3c(c2)OCO3)C(Cc2ccc3nccnc3c2)=C1c1ccc2nsnc2c1. The van der Waals surface area contributed by atoms with Crippen molar-refractivity contribution in [2.24, 2.45) is 0 Å². The third-order valence-electron chi connectivity index (χ3n) is 6.38. The summed E-state index contributed by atoms with van der Waals surface area (Å²) in [6.07, 6.45) is 3.49. The van der Waals surface area contributed by atoms with E-state index in [0.29, 0.717) is 39.2 Å². The standard InChI is InChI=1S/C26H16N4O5S/c31-25-24(15-2-5-19-21(11-15)30-36-29-19)17(9-14-1-4-18-20(10-14)28-8-7-27-18)26(32,35-25)16-3-6-22-23(12-16)34-13-33-22/h1-8,10-12,32H,9,13H2. The zero-order valence-corrected chi connectivity index (χ0v) is 19.4. The third kappa shape index (κ3) is 3.23. The van der Waals surface area contributed by atoms with Crippen molar-refractivity contribution < 1.29 is 24.1 Å². The van der Waals surface area contributed by atoms with E-state index in [2.05, 4.69) is 18.7 Å². The van der Waals surface area contributed by atoms with Gasteiger partial charge >= 0.3 is 5.97 Å². The Kier molecular flexibility index (Phi) is 4.53. The monoisotopic (exact) mass is 496 g/mol. The van der Waals surface area contributed by atoms with Crippen LogP contribution < -0.4 is 9.47 Å². The Bertz CT molecular complexity index is 1730. The Hall–Kier alpha value is -4.41. The fourth-order valence-corrected chi connectivity index (χ4v) is 5.16. The van der Waals surface area contributed by atoms with E-state index < -0.39 is 11.8 Å². The van der Waals surface area contributed by atoms with Crippen molar-refractivity contribution in [3.8, 4) is 11.5 Å². The Morgan fingerprint density at radius 2 is 1.67 bits per heavy atom. The van der Waals surface area contributed by atoms with Crippen LogP contribution >= 0.6 is 11.7 Å². The maximum absolute atomic E-state index is 13.3.